The average molecular weight is 294 g/mol. The Labute approximate surface area is 108 Å². The number of nitrogens with zero attached hydrogens (tertiary/aromatic N) is 3. The third-order valence-corrected chi connectivity index (χ3v) is 2.77. The van der Waals surface area contributed by atoms with Crippen LogP contribution in [0.4, 0.5) is 11.8 Å². The number of anilines is 2. The molecule has 0 radical (unpaired) electrons. The summed E-state index contributed by atoms with van der Waals surface area (Å²) in [5, 5.41) is 3.20. The predicted octanol–water partition coefficient (Wildman–Crippen LogP) is 1.87. The number of hydrogen-bond donors (Lipinski definition) is 2. The van der Waals surface area contributed by atoms with E-state index in [0.717, 1.165) is 17.4 Å². The first-order valence-corrected chi connectivity index (χ1v) is 5.96. The Kier molecular flexibility index (Phi) is 3.87. The molecule has 3 N–H and O–H groups in total. The zero-order valence-electron chi connectivity index (χ0n) is 9.10. The Bertz CT molecular complexity index is 488. The molecular formula is C11H12BrN5. The van der Waals surface area contributed by atoms with Crippen molar-refractivity contribution in [3.63, 3.8) is 0 Å². The number of nitrogens with two attached hydrogens (primary N) is 1. The second kappa shape index (κ2) is 5.58. The van der Waals surface area contributed by atoms with Gasteiger partial charge in [0.2, 0.25) is 5.95 Å². The van der Waals surface area contributed by atoms with Crippen molar-refractivity contribution in [3.8, 4) is 0 Å². The molecule has 0 atom stereocenters. The highest BCUT2D eigenvalue weighted by atomic mass is 79.9. The maximum absolute atomic E-state index is 5.52. The number of rotatable bonds is 4. The minimum Gasteiger partial charge on any atom is -0.369 e. The van der Waals surface area contributed by atoms with Crippen LogP contribution in [0.25, 0.3) is 0 Å². The summed E-state index contributed by atoms with van der Waals surface area (Å²) in [4.78, 5) is 12.0. The van der Waals surface area contributed by atoms with Gasteiger partial charge < -0.3 is 11.1 Å². The summed E-state index contributed by atoms with van der Waals surface area (Å²) < 4.78 is 0.804. The molecule has 88 valence electrons. The molecule has 2 aromatic rings. The minimum atomic E-state index is 0.261. The van der Waals surface area contributed by atoms with Crippen molar-refractivity contribution in [1.29, 1.82) is 0 Å². The first-order valence-electron chi connectivity index (χ1n) is 5.16. The maximum Gasteiger partial charge on any atom is 0.221 e. The Balaban J connectivity index is 1.92. The van der Waals surface area contributed by atoms with Crippen LogP contribution in [0.15, 0.2) is 35.2 Å². The molecule has 0 bridgehead atoms. The molecule has 0 unspecified atom stereocenters. The van der Waals surface area contributed by atoms with Crippen LogP contribution in [-0.4, -0.2) is 21.5 Å². The van der Waals surface area contributed by atoms with Crippen LogP contribution in [0.3, 0.4) is 0 Å². The molecule has 5 nitrogen and oxygen atoms in total. The summed E-state index contributed by atoms with van der Waals surface area (Å²) in [6, 6.07) is 3.96. The zero-order chi connectivity index (χ0) is 12.1. The highest BCUT2D eigenvalue weighted by molar-refractivity contribution is 9.10. The van der Waals surface area contributed by atoms with Crippen LogP contribution in [0, 0.1) is 0 Å². The van der Waals surface area contributed by atoms with Crippen molar-refractivity contribution in [2.24, 2.45) is 0 Å². The third-order valence-electron chi connectivity index (χ3n) is 2.19. The van der Waals surface area contributed by atoms with Gasteiger partial charge in [-0.3, -0.25) is 4.98 Å². The first kappa shape index (κ1) is 11.8. The number of halogens is 1. The lowest BCUT2D eigenvalue weighted by molar-refractivity contribution is 0.987. The average Bonchev–Trinajstić information content (AvgIpc) is 2.35. The Hall–Kier alpha value is -1.69. The molecule has 2 aromatic heterocycles. The van der Waals surface area contributed by atoms with Crippen LogP contribution in [0.5, 0.6) is 0 Å². The number of nitrogens with one attached hydrogen (secondary N) is 1. The van der Waals surface area contributed by atoms with Gasteiger partial charge in [0, 0.05) is 25.1 Å². The van der Waals surface area contributed by atoms with E-state index in [1.165, 1.54) is 5.56 Å². The van der Waals surface area contributed by atoms with E-state index in [9.17, 15) is 0 Å². The molecule has 0 aliphatic rings. The molecule has 0 aromatic carbocycles. The fourth-order valence-corrected chi connectivity index (χ4v) is 1.71. The van der Waals surface area contributed by atoms with Crippen molar-refractivity contribution in [1.82, 2.24) is 15.0 Å². The van der Waals surface area contributed by atoms with Crippen molar-refractivity contribution in [2.75, 3.05) is 17.6 Å². The lowest BCUT2D eigenvalue weighted by Crippen LogP contribution is -2.08. The Morgan fingerprint density at radius 2 is 2.24 bits per heavy atom. The van der Waals surface area contributed by atoms with E-state index in [1.807, 2.05) is 18.3 Å². The van der Waals surface area contributed by atoms with Crippen molar-refractivity contribution in [2.45, 2.75) is 6.42 Å². The van der Waals surface area contributed by atoms with Gasteiger partial charge in [-0.05, 0) is 34.0 Å². The predicted molar refractivity (Wildman–Crippen MR) is 70.6 cm³/mol. The monoisotopic (exact) mass is 293 g/mol. The summed E-state index contributed by atoms with van der Waals surface area (Å²) in [7, 11) is 0. The highest BCUT2D eigenvalue weighted by Gasteiger charge is 2.02. The largest absolute Gasteiger partial charge is 0.369 e. The van der Waals surface area contributed by atoms with Gasteiger partial charge in [-0.15, -0.1) is 0 Å². The number of hydrogen-bond acceptors (Lipinski definition) is 5. The van der Waals surface area contributed by atoms with E-state index in [2.05, 4.69) is 36.2 Å². The van der Waals surface area contributed by atoms with Gasteiger partial charge in [0.05, 0.1) is 4.47 Å². The van der Waals surface area contributed by atoms with E-state index in [-0.39, 0.29) is 5.95 Å². The molecule has 6 heteroatoms. The zero-order valence-corrected chi connectivity index (χ0v) is 10.7. The molecule has 2 heterocycles. The normalized spacial score (nSPS) is 10.2. The number of pyridine rings is 1. The van der Waals surface area contributed by atoms with Gasteiger partial charge in [0.15, 0.2) is 0 Å². The smallest absolute Gasteiger partial charge is 0.221 e. The molecular weight excluding hydrogens is 282 g/mol. The van der Waals surface area contributed by atoms with Crippen LogP contribution in [0.2, 0.25) is 0 Å². The van der Waals surface area contributed by atoms with E-state index < -0.39 is 0 Å². The van der Waals surface area contributed by atoms with Crippen molar-refractivity contribution >= 4 is 27.7 Å². The first-order chi connectivity index (χ1) is 8.25. The lowest BCUT2D eigenvalue weighted by Gasteiger charge is -2.07. The summed E-state index contributed by atoms with van der Waals surface area (Å²) in [6.07, 6.45) is 6.13. The van der Waals surface area contributed by atoms with Gasteiger partial charge in [0.25, 0.3) is 0 Å². The summed E-state index contributed by atoms with van der Waals surface area (Å²) in [5.74, 6) is 0.971. The topological polar surface area (TPSA) is 76.7 Å². The van der Waals surface area contributed by atoms with E-state index >= 15 is 0 Å². The summed E-state index contributed by atoms with van der Waals surface area (Å²) in [5.41, 5.74) is 6.70. The quantitative estimate of drug-likeness (QED) is 0.900. The molecule has 0 fully saturated rings. The number of aromatic nitrogens is 3. The molecule has 2 rings (SSSR count). The number of nitrogen functional groups attached to an aromatic ring is 1. The lowest BCUT2D eigenvalue weighted by atomic mass is 10.2. The molecule has 0 saturated carbocycles. The minimum absolute atomic E-state index is 0.261. The standard InChI is InChI=1S/C11H12BrN5/c12-9-7-16-11(13)17-10(9)15-5-3-8-2-1-4-14-6-8/h1-2,4,6-7H,3,5H2,(H3,13,15,16,17). The van der Waals surface area contributed by atoms with E-state index in [0.29, 0.717) is 5.82 Å². The molecule has 0 amide bonds. The van der Waals surface area contributed by atoms with Gasteiger partial charge in [-0.2, -0.15) is 4.98 Å². The maximum atomic E-state index is 5.52. The van der Waals surface area contributed by atoms with Gasteiger partial charge >= 0.3 is 0 Å². The molecule has 17 heavy (non-hydrogen) atoms. The van der Waals surface area contributed by atoms with Crippen molar-refractivity contribution in [3.05, 3.63) is 40.8 Å². The molecule has 0 aliphatic carbocycles. The highest BCUT2D eigenvalue weighted by Crippen LogP contribution is 2.18. The summed E-state index contributed by atoms with van der Waals surface area (Å²) >= 11 is 3.36. The SMILES string of the molecule is Nc1ncc(Br)c(NCCc2cccnc2)n1. The second-order valence-electron chi connectivity index (χ2n) is 3.46. The van der Waals surface area contributed by atoms with E-state index in [4.69, 9.17) is 5.73 Å². The fraction of sp³-hybridized carbons (Fsp3) is 0.182. The van der Waals surface area contributed by atoms with Gasteiger partial charge in [-0.1, -0.05) is 6.07 Å². The van der Waals surface area contributed by atoms with Gasteiger partial charge in [-0.25, -0.2) is 4.98 Å². The van der Waals surface area contributed by atoms with Crippen LogP contribution in [-0.2, 0) is 6.42 Å². The van der Waals surface area contributed by atoms with Crippen molar-refractivity contribution < 1.29 is 0 Å². The van der Waals surface area contributed by atoms with Crippen LogP contribution < -0.4 is 11.1 Å². The molecule has 0 saturated heterocycles. The fourth-order valence-electron chi connectivity index (χ4n) is 1.38. The second-order valence-corrected chi connectivity index (χ2v) is 4.32. The third kappa shape index (κ3) is 3.39. The summed E-state index contributed by atoms with van der Waals surface area (Å²) in [6.45, 7) is 0.765. The Morgan fingerprint density at radius 3 is 3.00 bits per heavy atom. The van der Waals surface area contributed by atoms with Crippen LogP contribution in [0.1, 0.15) is 5.56 Å². The van der Waals surface area contributed by atoms with Gasteiger partial charge in [0.1, 0.15) is 5.82 Å². The van der Waals surface area contributed by atoms with E-state index in [1.54, 1.807) is 12.4 Å². The Morgan fingerprint density at radius 1 is 1.35 bits per heavy atom. The van der Waals surface area contributed by atoms with Crippen LogP contribution >= 0.6 is 15.9 Å². The molecule has 0 aliphatic heterocycles. The molecule has 0 spiro atoms.